The van der Waals surface area contributed by atoms with Gasteiger partial charge in [-0.15, -0.1) is 12.4 Å². The normalized spacial score (nSPS) is 22.5. The van der Waals surface area contributed by atoms with Crippen LogP contribution in [-0.4, -0.2) is 19.0 Å². The maximum Gasteiger partial charge on any atom is 0.228 e. The van der Waals surface area contributed by atoms with E-state index < -0.39 is 0 Å². The predicted octanol–water partition coefficient (Wildman–Crippen LogP) is 3.36. The van der Waals surface area contributed by atoms with E-state index in [4.69, 9.17) is 0 Å². The maximum atomic E-state index is 12.5. The van der Waals surface area contributed by atoms with E-state index in [1.54, 1.807) is 0 Å². The van der Waals surface area contributed by atoms with Crippen LogP contribution in [0.2, 0.25) is 0 Å². The largest absolute Gasteiger partial charge is 0.325 e. The van der Waals surface area contributed by atoms with Crippen LogP contribution in [0.1, 0.15) is 36.0 Å². The van der Waals surface area contributed by atoms with E-state index in [1.165, 1.54) is 5.56 Å². The van der Waals surface area contributed by atoms with Gasteiger partial charge in [-0.25, -0.2) is 0 Å². The lowest BCUT2D eigenvalue weighted by molar-refractivity contribution is -0.118. The molecular formula is C17H25ClN2O. The highest BCUT2D eigenvalue weighted by molar-refractivity contribution is 5.96. The molecule has 2 N–H and O–H groups in total. The Bertz CT molecular complexity index is 527. The number of hydrogen-bond donors (Lipinski definition) is 2. The van der Waals surface area contributed by atoms with Crippen molar-refractivity contribution in [2.75, 3.05) is 18.4 Å². The Hall–Kier alpha value is -1.06. The number of hydrogen-bond acceptors (Lipinski definition) is 2. The van der Waals surface area contributed by atoms with Crippen LogP contribution in [0.5, 0.6) is 0 Å². The molecule has 1 aromatic rings. The van der Waals surface area contributed by atoms with Crippen molar-refractivity contribution >= 4 is 24.0 Å². The fourth-order valence-electron chi connectivity index (χ4n) is 3.78. The molecule has 2 fully saturated rings. The second kappa shape index (κ2) is 5.98. The zero-order chi connectivity index (χ0) is 14.3. The van der Waals surface area contributed by atoms with Crippen molar-refractivity contribution in [1.29, 1.82) is 0 Å². The highest BCUT2D eigenvalue weighted by Crippen LogP contribution is 2.58. The Morgan fingerprint density at radius 3 is 2.33 bits per heavy atom. The molecular weight excluding hydrogens is 284 g/mol. The number of benzene rings is 1. The lowest BCUT2D eigenvalue weighted by Gasteiger charge is -2.23. The fourth-order valence-corrected chi connectivity index (χ4v) is 3.78. The molecule has 1 aliphatic carbocycles. The van der Waals surface area contributed by atoms with Crippen LogP contribution in [0, 0.1) is 32.1 Å². The Kier molecular flexibility index (Phi) is 4.64. The summed E-state index contributed by atoms with van der Waals surface area (Å²) in [6, 6.07) is 4.27. The van der Waals surface area contributed by atoms with Crippen molar-refractivity contribution in [3.05, 3.63) is 28.8 Å². The number of anilines is 1. The first kappa shape index (κ1) is 16.3. The maximum absolute atomic E-state index is 12.5. The van der Waals surface area contributed by atoms with Gasteiger partial charge in [-0.2, -0.15) is 0 Å². The highest BCUT2D eigenvalue weighted by Gasteiger charge is 2.57. The van der Waals surface area contributed by atoms with E-state index in [2.05, 4.69) is 43.5 Å². The number of rotatable bonds is 2. The molecule has 4 heteroatoms. The van der Waals surface area contributed by atoms with Crippen LogP contribution in [0.15, 0.2) is 12.1 Å². The molecule has 1 amide bonds. The van der Waals surface area contributed by atoms with Gasteiger partial charge in [-0.05, 0) is 69.7 Å². The van der Waals surface area contributed by atoms with Gasteiger partial charge in [-0.1, -0.05) is 17.7 Å². The van der Waals surface area contributed by atoms with E-state index in [-0.39, 0.29) is 24.2 Å². The number of nitrogens with one attached hydrogen (secondary N) is 2. The van der Waals surface area contributed by atoms with E-state index in [9.17, 15) is 4.79 Å². The third-order valence-corrected chi connectivity index (χ3v) is 5.03. The quantitative estimate of drug-likeness (QED) is 0.879. The van der Waals surface area contributed by atoms with Crippen LogP contribution >= 0.6 is 12.4 Å². The van der Waals surface area contributed by atoms with Gasteiger partial charge in [0.2, 0.25) is 5.91 Å². The summed E-state index contributed by atoms with van der Waals surface area (Å²) in [4.78, 5) is 12.5. The van der Waals surface area contributed by atoms with E-state index in [1.807, 2.05) is 0 Å². The van der Waals surface area contributed by atoms with Crippen LogP contribution in [-0.2, 0) is 4.79 Å². The van der Waals surface area contributed by atoms with Crippen molar-refractivity contribution in [2.45, 2.75) is 40.0 Å². The first-order chi connectivity index (χ1) is 9.52. The lowest BCUT2D eigenvalue weighted by Crippen LogP contribution is -2.31. The molecule has 0 bridgehead atoms. The molecule has 2 aliphatic rings. The Labute approximate surface area is 133 Å². The number of carbonyl (C=O) groups excluding carboxylic acids is 1. The Balaban J connectivity index is 0.00000161. The van der Waals surface area contributed by atoms with Gasteiger partial charge in [0, 0.05) is 11.6 Å². The molecule has 1 saturated carbocycles. The zero-order valence-corrected chi connectivity index (χ0v) is 13.9. The summed E-state index contributed by atoms with van der Waals surface area (Å²) in [5.74, 6) is 0.451. The molecule has 3 nitrogen and oxygen atoms in total. The summed E-state index contributed by atoms with van der Waals surface area (Å²) >= 11 is 0. The van der Waals surface area contributed by atoms with Crippen molar-refractivity contribution in [3.63, 3.8) is 0 Å². The molecule has 116 valence electrons. The molecule has 1 saturated heterocycles. The minimum absolute atomic E-state index is 0. The van der Waals surface area contributed by atoms with E-state index in [0.29, 0.717) is 5.41 Å². The van der Waals surface area contributed by atoms with Crippen LogP contribution in [0.4, 0.5) is 5.69 Å². The standard InChI is InChI=1S/C17H24N2O.ClH/c1-11-8-12(2)15(13(3)9-11)19-16(20)14-10-17(14)4-6-18-7-5-17;/h8-9,14,18H,4-7,10H2,1-3H3,(H,19,20);1H. The smallest absolute Gasteiger partial charge is 0.228 e. The minimum Gasteiger partial charge on any atom is -0.325 e. The second-order valence-corrected chi connectivity index (χ2v) is 6.63. The van der Waals surface area contributed by atoms with Gasteiger partial charge in [0.05, 0.1) is 0 Å². The lowest BCUT2D eigenvalue weighted by atomic mass is 9.91. The summed E-state index contributed by atoms with van der Waals surface area (Å²) in [5, 5.41) is 6.56. The third-order valence-electron chi connectivity index (χ3n) is 5.03. The summed E-state index contributed by atoms with van der Waals surface area (Å²) in [6.07, 6.45) is 3.37. The summed E-state index contributed by atoms with van der Waals surface area (Å²) in [7, 11) is 0. The molecule has 1 atom stereocenters. The van der Waals surface area contributed by atoms with Gasteiger partial charge in [0.15, 0.2) is 0 Å². The van der Waals surface area contributed by atoms with Crippen molar-refractivity contribution in [2.24, 2.45) is 11.3 Å². The van der Waals surface area contributed by atoms with Crippen molar-refractivity contribution in [1.82, 2.24) is 5.32 Å². The van der Waals surface area contributed by atoms with Gasteiger partial charge in [0.25, 0.3) is 0 Å². The number of aryl methyl sites for hydroxylation is 3. The van der Waals surface area contributed by atoms with Crippen molar-refractivity contribution < 1.29 is 4.79 Å². The first-order valence-electron chi connectivity index (χ1n) is 7.61. The minimum atomic E-state index is 0. The average Bonchev–Trinajstić information content (AvgIpc) is 3.08. The van der Waals surface area contributed by atoms with Crippen LogP contribution < -0.4 is 10.6 Å². The third kappa shape index (κ3) is 3.09. The van der Waals surface area contributed by atoms with Gasteiger partial charge in [-0.3, -0.25) is 4.79 Å². The van der Waals surface area contributed by atoms with Crippen molar-refractivity contribution in [3.8, 4) is 0 Å². The Morgan fingerprint density at radius 1 is 1.19 bits per heavy atom. The SMILES string of the molecule is Cc1cc(C)c(NC(=O)C2CC23CCNCC3)c(C)c1.Cl. The van der Waals surface area contributed by atoms with E-state index >= 15 is 0 Å². The molecule has 1 heterocycles. The molecule has 1 aromatic carbocycles. The van der Waals surface area contributed by atoms with Gasteiger partial charge in [0.1, 0.15) is 0 Å². The summed E-state index contributed by atoms with van der Waals surface area (Å²) < 4.78 is 0. The predicted molar refractivity (Wildman–Crippen MR) is 89.2 cm³/mol. The molecule has 3 rings (SSSR count). The molecule has 0 radical (unpaired) electrons. The molecule has 0 aromatic heterocycles. The fraction of sp³-hybridized carbons (Fsp3) is 0.588. The monoisotopic (exact) mass is 308 g/mol. The number of amides is 1. The van der Waals surface area contributed by atoms with E-state index in [0.717, 1.165) is 49.2 Å². The highest BCUT2D eigenvalue weighted by atomic mass is 35.5. The Morgan fingerprint density at radius 2 is 1.76 bits per heavy atom. The molecule has 1 spiro atoms. The second-order valence-electron chi connectivity index (χ2n) is 6.63. The number of piperidine rings is 1. The zero-order valence-electron chi connectivity index (χ0n) is 13.1. The van der Waals surface area contributed by atoms with Crippen LogP contribution in [0.25, 0.3) is 0 Å². The van der Waals surface area contributed by atoms with Gasteiger partial charge >= 0.3 is 0 Å². The molecule has 21 heavy (non-hydrogen) atoms. The topological polar surface area (TPSA) is 41.1 Å². The van der Waals surface area contributed by atoms with Crippen LogP contribution in [0.3, 0.4) is 0 Å². The number of carbonyl (C=O) groups is 1. The summed E-state index contributed by atoms with van der Waals surface area (Å²) in [5.41, 5.74) is 4.89. The number of halogens is 1. The summed E-state index contributed by atoms with van der Waals surface area (Å²) in [6.45, 7) is 8.36. The molecule has 1 unspecified atom stereocenters. The van der Waals surface area contributed by atoms with Gasteiger partial charge < -0.3 is 10.6 Å². The molecule has 1 aliphatic heterocycles. The first-order valence-corrected chi connectivity index (χ1v) is 7.61. The average molecular weight is 309 g/mol.